The van der Waals surface area contributed by atoms with Gasteiger partial charge in [0.05, 0.1) is 11.3 Å². The lowest BCUT2D eigenvalue weighted by Crippen LogP contribution is -2.09. The summed E-state index contributed by atoms with van der Waals surface area (Å²) in [5, 5.41) is 9.58. The first-order chi connectivity index (χ1) is 12.6. The molecule has 0 unspecified atom stereocenters. The van der Waals surface area contributed by atoms with Crippen LogP contribution >= 0.6 is 23.5 Å². The van der Waals surface area contributed by atoms with Crippen LogP contribution < -0.4 is 5.56 Å². The van der Waals surface area contributed by atoms with E-state index in [2.05, 4.69) is 9.97 Å². The van der Waals surface area contributed by atoms with Crippen molar-refractivity contribution in [3.05, 3.63) is 87.8 Å². The predicted octanol–water partition coefficient (Wildman–Crippen LogP) is 4.05. The summed E-state index contributed by atoms with van der Waals surface area (Å²) < 4.78 is 0. The van der Waals surface area contributed by atoms with Gasteiger partial charge in [0.15, 0.2) is 5.16 Å². The van der Waals surface area contributed by atoms with Gasteiger partial charge in [-0.1, -0.05) is 42.1 Å². The highest BCUT2D eigenvalue weighted by molar-refractivity contribution is 7.98. The third-order valence-corrected chi connectivity index (χ3v) is 5.44. The third kappa shape index (κ3) is 5.24. The Hall–Kier alpha value is -2.51. The molecule has 132 valence electrons. The van der Waals surface area contributed by atoms with Crippen molar-refractivity contribution < 1.29 is 9.90 Å². The minimum absolute atomic E-state index is 0.189. The predicted molar refractivity (Wildman–Crippen MR) is 104 cm³/mol. The molecule has 0 spiro atoms. The van der Waals surface area contributed by atoms with Crippen LogP contribution in [-0.2, 0) is 11.5 Å². The maximum absolute atomic E-state index is 11.9. The minimum atomic E-state index is -0.955. The quantitative estimate of drug-likeness (QED) is 0.472. The lowest BCUT2D eigenvalue weighted by molar-refractivity contribution is 0.0697. The van der Waals surface area contributed by atoms with Crippen molar-refractivity contribution in [1.82, 2.24) is 9.97 Å². The average molecular weight is 384 g/mol. The molecule has 26 heavy (non-hydrogen) atoms. The van der Waals surface area contributed by atoms with Crippen LogP contribution in [0.3, 0.4) is 0 Å². The highest BCUT2D eigenvalue weighted by atomic mass is 32.2. The van der Waals surface area contributed by atoms with Crippen LogP contribution in [0.15, 0.2) is 75.5 Å². The van der Waals surface area contributed by atoms with E-state index < -0.39 is 5.97 Å². The van der Waals surface area contributed by atoms with Crippen molar-refractivity contribution in [2.24, 2.45) is 0 Å². The molecule has 0 radical (unpaired) electrons. The molecular weight excluding hydrogens is 368 g/mol. The number of nitrogens with one attached hydrogen (secondary N) is 1. The number of rotatable bonds is 7. The largest absolute Gasteiger partial charge is 0.478 e. The lowest BCUT2D eigenvalue weighted by Gasteiger charge is -2.05. The van der Waals surface area contributed by atoms with Crippen molar-refractivity contribution >= 4 is 29.5 Å². The van der Waals surface area contributed by atoms with Gasteiger partial charge in [-0.2, -0.15) is 0 Å². The monoisotopic (exact) mass is 384 g/mol. The topological polar surface area (TPSA) is 83.0 Å². The number of aromatic amines is 1. The van der Waals surface area contributed by atoms with E-state index in [4.69, 9.17) is 5.11 Å². The van der Waals surface area contributed by atoms with Gasteiger partial charge in [-0.05, 0) is 29.8 Å². The van der Waals surface area contributed by atoms with Crippen molar-refractivity contribution in [1.29, 1.82) is 0 Å². The van der Waals surface area contributed by atoms with Gasteiger partial charge in [0, 0.05) is 22.5 Å². The fraction of sp³-hybridized carbons (Fsp3) is 0.105. The smallest absolute Gasteiger partial charge is 0.335 e. The number of H-pyrrole nitrogens is 1. The molecule has 2 aromatic carbocycles. The van der Waals surface area contributed by atoms with Crippen LogP contribution in [0, 0.1) is 0 Å². The average Bonchev–Trinajstić information content (AvgIpc) is 2.65. The normalized spacial score (nSPS) is 10.6. The van der Waals surface area contributed by atoms with Gasteiger partial charge in [-0.15, -0.1) is 11.8 Å². The van der Waals surface area contributed by atoms with E-state index in [9.17, 15) is 9.59 Å². The van der Waals surface area contributed by atoms with Crippen LogP contribution in [0.25, 0.3) is 0 Å². The molecule has 0 bridgehead atoms. The van der Waals surface area contributed by atoms with Gasteiger partial charge in [0.25, 0.3) is 5.56 Å². The molecule has 0 aliphatic carbocycles. The Morgan fingerprint density at radius 1 is 1.00 bits per heavy atom. The number of hydrogen-bond acceptors (Lipinski definition) is 5. The van der Waals surface area contributed by atoms with Crippen molar-refractivity contribution in [2.45, 2.75) is 21.6 Å². The Bertz CT molecular complexity index is 958. The zero-order valence-corrected chi connectivity index (χ0v) is 15.3. The van der Waals surface area contributed by atoms with Gasteiger partial charge >= 0.3 is 5.97 Å². The van der Waals surface area contributed by atoms with Crippen LogP contribution in [0.2, 0.25) is 0 Å². The van der Waals surface area contributed by atoms with Crippen LogP contribution in [0.4, 0.5) is 0 Å². The highest BCUT2D eigenvalue weighted by Crippen LogP contribution is 2.23. The molecule has 0 aliphatic heterocycles. The molecule has 0 fully saturated rings. The van der Waals surface area contributed by atoms with Crippen LogP contribution in [0.5, 0.6) is 0 Å². The van der Waals surface area contributed by atoms with E-state index in [-0.39, 0.29) is 11.1 Å². The summed E-state index contributed by atoms with van der Waals surface area (Å²) in [5.74, 6) is 0.179. The summed E-state index contributed by atoms with van der Waals surface area (Å²) in [4.78, 5) is 31.3. The Labute approximate surface area is 158 Å². The summed E-state index contributed by atoms with van der Waals surface area (Å²) in [7, 11) is 0. The van der Waals surface area contributed by atoms with E-state index in [1.807, 2.05) is 36.4 Å². The number of hydrogen-bond donors (Lipinski definition) is 2. The van der Waals surface area contributed by atoms with Crippen molar-refractivity contribution in [3.8, 4) is 0 Å². The standard InChI is InChI=1S/C19H16N2O3S2/c22-17-10-15(12-25-16-7-2-1-3-8-16)20-19(21-17)26-11-13-5-4-6-14(9-13)18(23)24/h1-10H,11-12H2,(H,23,24)(H,20,21,22). The molecule has 0 amide bonds. The summed E-state index contributed by atoms with van der Waals surface area (Å²) in [6.45, 7) is 0. The molecule has 1 heterocycles. The first-order valence-electron chi connectivity index (χ1n) is 7.83. The molecule has 5 nitrogen and oxygen atoms in total. The molecule has 2 N–H and O–H groups in total. The number of benzene rings is 2. The summed E-state index contributed by atoms with van der Waals surface area (Å²) >= 11 is 3.00. The van der Waals surface area contributed by atoms with Gasteiger partial charge in [-0.25, -0.2) is 9.78 Å². The van der Waals surface area contributed by atoms with E-state index in [1.54, 1.807) is 30.0 Å². The number of carbonyl (C=O) groups is 1. The molecular formula is C19H16N2O3S2. The molecule has 0 atom stereocenters. The Morgan fingerprint density at radius 2 is 1.81 bits per heavy atom. The number of carboxylic acid groups (broad SMARTS) is 1. The Morgan fingerprint density at radius 3 is 2.58 bits per heavy atom. The number of aromatic nitrogens is 2. The van der Waals surface area contributed by atoms with Crippen LogP contribution in [-0.4, -0.2) is 21.0 Å². The second-order valence-electron chi connectivity index (χ2n) is 5.44. The maximum Gasteiger partial charge on any atom is 0.335 e. The molecule has 1 aromatic heterocycles. The van der Waals surface area contributed by atoms with Crippen molar-refractivity contribution in [2.75, 3.05) is 0 Å². The zero-order chi connectivity index (χ0) is 18.4. The fourth-order valence-corrected chi connectivity index (χ4v) is 3.90. The fourth-order valence-electron chi connectivity index (χ4n) is 2.25. The second kappa shape index (κ2) is 8.73. The van der Waals surface area contributed by atoms with Gasteiger partial charge < -0.3 is 10.1 Å². The number of aromatic carboxylic acids is 1. The van der Waals surface area contributed by atoms with Crippen LogP contribution in [0.1, 0.15) is 21.6 Å². The summed E-state index contributed by atoms with van der Waals surface area (Å²) in [5.41, 5.74) is 1.63. The number of thioether (sulfide) groups is 2. The zero-order valence-electron chi connectivity index (χ0n) is 13.7. The first kappa shape index (κ1) is 18.3. The van der Waals surface area contributed by atoms with Crippen molar-refractivity contribution in [3.63, 3.8) is 0 Å². The van der Waals surface area contributed by atoms with Gasteiger partial charge in [-0.3, -0.25) is 4.79 Å². The number of nitrogens with zero attached hydrogens (tertiary/aromatic N) is 1. The lowest BCUT2D eigenvalue weighted by atomic mass is 10.1. The van der Waals surface area contributed by atoms with E-state index in [1.165, 1.54) is 17.8 Å². The Kier molecular flexibility index (Phi) is 6.14. The van der Waals surface area contributed by atoms with Gasteiger partial charge in [0.1, 0.15) is 0 Å². The highest BCUT2D eigenvalue weighted by Gasteiger charge is 2.06. The first-order valence-corrected chi connectivity index (χ1v) is 9.80. The van der Waals surface area contributed by atoms with Gasteiger partial charge in [0.2, 0.25) is 0 Å². The Balaban J connectivity index is 1.67. The minimum Gasteiger partial charge on any atom is -0.478 e. The molecule has 3 rings (SSSR count). The molecule has 0 saturated carbocycles. The second-order valence-corrected chi connectivity index (χ2v) is 7.45. The molecule has 0 aliphatic rings. The SMILES string of the molecule is O=C(O)c1cccc(CSc2nc(CSc3ccccc3)cc(=O)[nH]2)c1. The summed E-state index contributed by atoms with van der Waals surface area (Å²) in [6.07, 6.45) is 0. The third-order valence-electron chi connectivity index (χ3n) is 3.45. The molecule has 0 saturated heterocycles. The van der Waals surface area contributed by atoms with E-state index >= 15 is 0 Å². The molecule has 3 aromatic rings. The maximum atomic E-state index is 11.9. The van der Waals surface area contributed by atoms with E-state index in [0.717, 1.165) is 10.5 Å². The summed E-state index contributed by atoms with van der Waals surface area (Å²) in [6, 6.07) is 18.2. The number of carboxylic acids is 1. The molecule has 7 heteroatoms. The van der Waals surface area contributed by atoms with E-state index in [0.29, 0.717) is 22.4 Å².